The number of allylic oxidation sites excluding steroid dienone is 1. The van der Waals surface area contributed by atoms with Gasteiger partial charge in [0.2, 0.25) is 5.24 Å². The van der Waals surface area contributed by atoms with Crippen LogP contribution in [0.5, 0.6) is 0 Å². The zero-order chi connectivity index (χ0) is 20.3. The minimum absolute atomic E-state index is 0.444. The zero-order valence-corrected chi connectivity index (χ0v) is 18.6. The van der Waals surface area contributed by atoms with Crippen LogP contribution < -0.4 is 5.32 Å². The van der Waals surface area contributed by atoms with E-state index in [1.165, 1.54) is 96.0 Å². The van der Waals surface area contributed by atoms with Crippen molar-refractivity contribution < 1.29 is 4.79 Å². The van der Waals surface area contributed by atoms with Gasteiger partial charge in [-0.25, -0.2) is 0 Å². The van der Waals surface area contributed by atoms with Crippen LogP contribution in [0.2, 0.25) is 0 Å². The van der Waals surface area contributed by atoms with Gasteiger partial charge in [-0.1, -0.05) is 109 Å². The van der Waals surface area contributed by atoms with Gasteiger partial charge in [-0.05, 0) is 41.8 Å². The number of anilines is 1. The van der Waals surface area contributed by atoms with Gasteiger partial charge in [0.25, 0.3) is 0 Å². The Balaban J connectivity index is 1.88. The summed E-state index contributed by atoms with van der Waals surface area (Å²) in [5, 5.41) is 3.02. The van der Waals surface area contributed by atoms with Crippen LogP contribution >= 0.6 is 11.6 Å². The first-order chi connectivity index (χ1) is 13.7. The third-order valence-corrected chi connectivity index (χ3v) is 5.30. The van der Waals surface area contributed by atoms with E-state index in [2.05, 4.69) is 12.2 Å². The maximum absolute atomic E-state index is 10.7. The van der Waals surface area contributed by atoms with Gasteiger partial charge in [-0.15, -0.1) is 0 Å². The molecule has 0 bridgehead atoms. The standard InChI is InChI=1S/C25H40ClNO/c1-2-3-4-5-6-7-8-9-10-11-12-13-14-15-22-27-24-19-16-23(17-20-24)18-21-25(26)28/h16-21,27H,2-15,22H2,1H3. The van der Waals surface area contributed by atoms with Crippen molar-refractivity contribution >= 4 is 28.6 Å². The summed E-state index contributed by atoms with van der Waals surface area (Å²) in [4.78, 5) is 10.7. The lowest BCUT2D eigenvalue weighted by Crippen LogP contribution is -2.01. The molecule has 1 N–H and O–H groups in total. The van der Waals surface area contributed by atoms with E-state index in [0.717, 1.165) is 17.8 Å². The molecule has 0 unspecified atom stereocenters. The largest absolute Gasteiger partial charge is 0.385 e. The Morgan fingerprint density at radius 3 is 1.71 bits per heavy atom. The van der Waals surface area contributed by atoms with Crippen molar-refractivity contribution in [1.82, 2.24) is 0 Å². The molecule has 0 radical (unpaired) electrons. The smallest absolute Gasteiger partial charge is 0.245 e. The highest BCUT2D eigenvalue weighted by molar-refractivity contribution is 6.66. The van der Waals surface area contributed by atoms with Crippen molar-refractivity contribution in [3.63, 3.8) is 0 Å². The van der Waals surface area contributed by atoms with Gasteiger partial charge in [0.05, 0.1) is 0 Å². The predicted octanol–water partition coefficient (Wildman–Crippen LogP) is 8.36. The third-order valence-electron chi connectivity index (χ3n) is 5.18. The Morgan fingerprint density at radius 1 is 0.786 bits per heavy atom. The molecule has 1 aromatic carbocycles. The minimum atomic E-state index is -0.444. The number of halogens is 1. The van der Waals surface area contributed by atoms with E-state index in [0.29, 0.717) is 0 Å². The summed E-state index contributed by atoms with van der Waals surface area (Å²) in [7, 11) is 0. The number of hydrogen-bond acceptors (Lipinski definition) is 2. The van der Waals surface area contributed by atoms with E-state index < -0.39 is 5.24 Å². The molecule has 0 aliphatic rings. The number of carbonyl (C=O) groups excluding carboxylic acids is 1. The average Bonchev–Trinajstić information content (AvgIpc) is 2.70. The first-order valence-corrected chi connectivity index (χ1v) is 11.8. The average molecular weight is 406 g/mol. The number of unbranched alkanes of at least 4 members (excludes halogenated alkanes) is 13. The van der Waals surface area contributed by atoms with Crippen molar-refractivity contribution in [3.05, 3.63) is 35.9 Å². The van der Waals surface area contributed by atoms with Crippen molar-refractivity contribution in [3.8, 4) is 0 Å². The van der Waals surface area contributed by atoms with Crippen LogP contribution in [0.25, 0.3) is 6.08 Å². The Hall–Kier alpha value is -1.28. The molecule has 1 aromatic rings. The second-order valence-electron chi connectivity index (χ2n) is 7.78. The predicted molar refractivity (Wildman–Crippen MR) is 125 cm³/mol. The van der Waals surface area contributed by atoms with E-state index in [-0.39, 0.29) is 0 Å². The summed E-state index contributed by atoms with van der Waals surface area (Å²) in [6, 6.07) is 8.07. The molecule has 0 aromatic heterocycles. The summed E-state index contributed by atoms with van der Waals surface area (Å²) in [6.07, 6.45) is 22.6. The van der Waals surface area contributed by atoms with Crippen molar-refractivity contribution in [2.45, 2.75) is 96.8 Å². The molecule has 158 valence electrons. The Morgan fingerprint density at radius 2 is 1.25 bits per heavy atom. The fourth-order valence-corrected chi connectivity index (χ4v) is 3.49. The highest BCUT2D eigenvalue weighted by Gasteiger charge is 1.96. The molecule has 28 heavy (non-hydrogen) atoms. The molecule has 0 spiro atoms. The van der Waals surface area contributed by atoms with Gasteiger partial charge in [0, 0.05) is 12.2 Å². The van der Waals surface area contributed by atoms with Crippen LogP contribution in [0.15, 0.2) is 30.3 Å². The maximum Gasteiger partial charge on any atom is 0.245 e. The molecule has 0 heterocycles. The SMILES string of the molecule is CCCCCCCCCCCCCCCCNc1ccc(C=CC(=O)Cl)cc1. The fourth-order valence-electron chi connectivity index (χ4n) is 3.43. The molecule has 1 rings (SSSR count). The third kappa shape index (κ3) is 14.7. The van der Waals surface area contributed by atoms with Crippen LogP contribution in [-0.4, -0.2) is 11.8 Å². The fraction of sp³-hybridized carbons (Fsp3) is 0.640. The Bertz CT molecular complexity index is 524. The lowest BCUT2D eigenvalue weighted by molar-refractivity contribution is -0.107. The lowest BCUT2D eigenvalue weighted by atomic mass is 10.0. The Labute approximate surface area is 178 Å². The summed E-state index contributed by atoms with van der Waals surface area (Å²) >= 11 is 5.30. The maximum atomic E-state index is 10.7. The van der Waals surface area contributed by atoms with Gasteiger partial charge in [0.15, 0.2) is 0 Å². The monoisotopic (exact) mass is 405 g/mol. The van der Waals surface area contributed by atoms with Crippen LogP contribution in [0.4, 0.5) is 5.69 Å². The summed E-state index contributed by atoms with van der Waals surface area (Å²) in [5.41, 5.74) is 2.11. The molecule has 0 aliphatic carbocycles. The van der Waals surface area contributed by atoms with Gasteiger partial charge in [0.1, 0.15) is 0 Å². The highest BCUT2D eigenvalue weighted by Crippen LogP contribution is 2.14. The van der Waals surface area contributed by atoms with Gasteiger partial charge in [-0.2, -0.15) is 0 Å². The van der Waals surface area contributed by atoms with E-state index in [1.54, 1.807) is 6.08 Å². The molecule has 0 amide bonds. The first kappa shape index (κ1) is 24.8. The molecule has 2 nitrogen and oxygen atoms in total. The van der Waals surface area contributed by atoms with Gasteiger partial charge < -0.3 is 5.32 Å². The molecular formula is C25H40ClNO. The normalized spacial score (nSPS) is 11.2. The lowest BCUT2D eigenvalue weighted by Gasteiger charge is -2.07. The molecule has 0 atom stereocenters. The highest BCUT2D eigenvalue weighted by atomic mass is 35.5. The van der Waals surface area contributed by atoms with E-state index in [4.69, 9.17) is 11.6 Å². The number of benzene rings is 1. The molecule has 0 saturated carbocycles. The zero-order valence-electron chi connectivity index (χ0n) is 17.9. The first-order valence-electron chi connectivity index (χ1n) is 11.4. The molecule has 3 heteroatoms. The van der Waals surface area contributed by atoms with E-state index >= 15 is 0 Å². The van der Waals surface area contributed by atoms with Crippen LogP contribution in [0.3, 0.4) is 0 Å². The number of rotatable bonds is 18. The van der Waals surface area contributed by atoms with Crippen molar-refractivity contribution in [1.29, 1.82) is 0 Å². The number of carbonyl (C=O) groups is 1. The van der Waals surface area contributed by atoms with E-state index in [1.807, 2.05) is 24.3 Å². The quantitative estimate of drug-likeness (QED) is 0.151. The van der Waals surface area contributed by atoms with Gasteiger partial charge >= 0.3 is 0 Å². The molecular weight excluding hydrogens is 366 g/mol. The summed E-state index contributed by atoms with van der Waals surface area (Å²) in [5.74, 6) is 0. The van der Waals surface area contributed by atoms with Crippen LogP contribution in [0.1, 0.15) is 102 Å². The van der Waals surface area contributed by atoms with E-state index in [9.17, 15) is 4.79 Å². The molecule has 0 aliphatic heterocycles. The van der Waals surface area contributed by atoms with Gasteiger partial charge in [-0.3, -0.25) is 4.79 Å². The van der Waals surface area contributed by atoms with Crippen LogP contribution in [0, 0.1) is 0 Å². The second-order valence-corrected chi connectivity index (χ2v) is 8.15. The topological polar surface area (TPSA) is 29.1 Å². The van der Waals surface area contributed by atoms with Crippen molar-refractivity contribution in [2.24, 2.45) is 0 Å². The number of hydrogen-bond donors (Lipinski definition) is 1. The van der Waals surface area contributed by atoms with Crippen LogP contribution in [-0.2, 0) is 4.79 Å². The Kier molecular flexibility index (Phi) is 15.7. The molecule has 0 fully saturated rings. The second kappa shape index (κ2) is 17.8. The molecule has 0 saturated heterocycles. The summed E-state index contributed by atoms with van der Waals surface area (Å²) in [6.45, 7) is 3.30. The number of nitrogens with one attached hydrogen (secondary N) is 1. The van der Waals surface area contributed by atoms with Crippen molar-refractivity contribution in [2.75, 3.05) is 11.9 Å². The minimum Gasteiger partial charge on any atom is -0.385 e. The summed E-state index contributed by atoms with van der Waals surface area (Å²) < 4.78 is 0.